The summed E-state index contributed by atoms with van der Waals surface area (Å²) in [7, 11) is 1.61. The molecule has 174 valence electrons. The fourth-order valence-corrected chi connectivity index (χ4v) is 3.41. The lowest BCUT2D eigenvalue weighted by Gasteiger charge is -2.14. The zero-order chi connectivity index (χ0) is 23.3. The van der Waals surface area contributed by atoms with Crippen LogP contribution in [0.2, 0.25) is 0 Å². The van der Waals surface area contributed by atoms with Gasteiger partial charge >= 0.3 is 0 Å². The molecule has 6 nitrogen and oxygen atoms in total. The van der Waals surface area contributed by atoms with E-state index in [1.807, 2.05) is 18.2 Å². The summed E-state index contributed by atoms with van der Waals surface area (Å²) in [5.41, 5.74) is 1.44. The highest BCUT2D eigenvalue weighted by molar-refractivity contribution is 9.10. The number of rotatable bonds is 12. The molecule has 0 spiro atoms. The lowest BCUT2D eigenvalue weighted by Crippen LogP contribution is -2.38. The number of unbranched alkanes of at least 4 members (excludes halogenated alkanes) is 2. The lowest BCUT2D eigenvalue weighted by atomic mass is 10.2. The van der Waals surface area contributed by atoms with Crippen molar-refractivity contribution in [1.82, 2.24) is 10.6 Å². The predicted molar refractivity (Wildman–Crippen MR) is 135 cm³/mol. The Hall–Kier alpha value is -2.32. The van der Waals surface area contributed by atoms with E-state index in [1.165, 1.54) is 0 Å². The maximum absolute atomic E-state index is 12.5. The quantitative estimate of drug-likeness (QED) is 0.278. The zero-order valence-electron chi connectivity index (χ0n) is 18.8. The first-order valence-corrected chi connectivity index (χ1v) is 12.0. The molecule has 8 heteroatoms. The summed E-state index contributed by atoms with van der Waals surface area (Å²) in [4.78, 5) is 12.5. The van der Waals surface area contributed by atoms with Crippen molar-refractivity contribution in [1.29, 1.82) is 0 Å². The van der Waals surface area contributed by atoms with Crippen LogP contribution in [-0.4, -0.2) is 31.3 Å². The molecule has 0 aromatic heterocycles. The van der Waals surface area contributed by atoms with Crippen LogP contribution < -0.4 is 24.8 Å². The molecule has 0 saturated heterocycles. The second-order valence-electron chi connectivity index (χ2n) is 7.17. The standard InChI is InChI=1S/C24H31BrN2O4S/c1-4-6-12-30-20-11-9-18(15-19(20)25)23(28)27-24(32)26-16-17-8-10-21(22(14-17)29-3)31-13-7-5-2/h8-11,14-15H,4-7,12-13,16H2,1-3H3,(H2,26,27,28,32). The molecule has 0 heterocycles. The van der Waals surface area contributed by atoms with Crippen molar-refractivity contribution in [3.63, 3.8) is 0 Å². The number of nitrogens with one attached hydrogen (secondary N) is 2. The smallest absolute Gasteiger partial charge is 0.257 e. The van der Waals surface area contributed by atoms with Gasteiger partial charge in [0.1, 0.15) is 5.75 Å². The molecule has 0 atom stereocenters. The van der Waals surface area contributed by atoms with Gasteiger partial charge in [-0.2, -0.15) is 0 Å². The second kappa shape index (κ2) is 14.0. The van der Waals surface area contributed by atoms with Crippen molar-refractivity contribution in [3.8, 4) is 17.2 Å². The normalized spacial score (nSPS) is 10.4. The Morgan fingerprint density at radius 1 is 0.969 bits per heavy atom. The van der Waals surface area contributed by atoms with Crippen LogP contribution >= 0.6 is 28.1 Å². The third kappa shape index (κ3) is 8.31. The van der Waals surface area contributed by atoms with Crippen LogP contribution in [0, 0.1) is 0 Å². The van der Waals surface area contributed by atoms with E-state index in [0.717, 1.165) is 35.7 Å². The van der Waals surface area contributed by atoms with Gasteiger partial charge in [0.25, 0.3) is 5.91 Å². The highest BCUT2D eigenvalue weighted by Gasteiger charge is 2.12. The number of ether oxygens (including phenoxy) is 3. The van der Waals surface area contributed by atoms with E-state index in [1.54, 1.807) is 25.3 Å². The highest BCUT2D eigenvalue weighted by Crippen LogP contribution is 2.28. The summed E-state index contributed by atoms with van der Waals surface area (Å²) in [5.74, 6) is 1.81. The molecule has 2 aromatic carbocycles. The van der Waals surface area contributed by atoms with Crippen LogP contribution in [0.15, 0.2) is 40.9 Å². The van der Waals surface area contributed by atoms with E-state index < -0.39 is 0 Å². The Bertz CT molecular complexity index is 908. The van der Waals surface area contributed by atoms with Crippen LogP contribution in [0.5, 0.6) is 17.2 Å². The maximum Gasteiger partial charge on any atom is 0.257 e. The molecule has 0 saturated carbocycles. The molecule has 0 bridgehead atoms. The molecule has 0 fully saturated rings. The number of hydrogen-bond acceptors (Lipinski definition) is 5. The summed E-state index contributed by atoms with van der Waals surface area (Å²) in [6, 6.07) is 10.9. The Morgan fingerprint density at radius 3 is 2.25 bits per heavy atom. The molecule has 0 aliphatic carbocycles. The minimum atomic E-state index is -0.291. The molecule has 0 aliphatic rings. The van der Waals surface area contributed by atoms with Crippen molar-refractivity contribution in [2.75, 3.05) is 20.3 Å². The second-order valence-corrected chi connectivity index (χ2v) is 8.43. The van der Waals surface area contributed by atoms with Crippen LogP contribution in [-0.2, 0) is 6.54 Å². The molecule has 2 rings (SSSR count). The number of benzene rings is 2. The van der Waals surface area contributed by atoms with Gasteiger partial charge in [-0.1, -0.05) is 32.8 Å². The van der Waals surface area contributed by atoms with Gasteiger partial charge in [0, 0.05) is 12.1 Å². The number of thiocarbonyl (C=S) groups is 1. The van der Waals surface area contributed by atoms with Gasteiger partial charge in [-0.3, -0.25) is 10.1 Å². The molecular formula is C24H31BrN2O4S. The van der Waals surface area contributed by atoms with Gasteiger partial charge in [0.2, 0.25) is 0 Å². The van der Waals surface area contributed by atoms with Gasteiger partial charge in [0.05, 0.1) is 24.8 Å². The Balaban J connectivity index is 1.88. The maximum atomic E-state index is 12.5. The Kier molecular flexibility index (Phi) is 11.3. The average Bonchev–Trinajstić information content (AvgIpc) is 2.79. The van der Waals surface area contributed by atoms with Crippen molar-refractivity contribution in [2.24, 2.45) is 0 Å². The zero-order valence-corrected chi connectivity index (χ0v) is 21.2. The van der Waals surface area contributed by atoms with Crippen LogP contribution in [0.25, 0.3) is 0 Å². The minimum Gasteiger partial charge on any atom is -0.493 e. The van der Waals surface area contributed by atoms with Gasteiger partial charge in [-0.15, -0.1) is 0 Å². The first-order chi connectivity index (χ1) is 15.5. The Labute approximate surface area is 204 Å². The summed E-state index contributed by atoms with van der Waals surface area (Å²) in [6.07, 6.45) is 4.11. The topological polar surface area (TPSA) is 68.8 Å². The summed E-state index contributed by atoms with van der Waals surface area (Å²) >= 11 is 8.74. The number of halogens is 1. The number of hydrogen-bond donors (Lipinski definition) is 2. The molecule has 32 heavy (non-hydrogen) atoms. The third-order valence-electron chi connectivity index (χ3n) is 4.61. The fourth-order valence-electron chi connectivity index (χ4n) is 2.76. The number of methoxy groups -OCH3 is 1. The van der Waals surface area contributed by atoms with Gasteiger partial charge in [-0.25, -0.2) is 0 Å². The fraction of sp³-hybridized carbons (Fsp3) is 0.417. The average molecular weight is 523 g/mol. The van der Waals surface area contributed by atoms with Crippen LogP contribution in [0.4, 0.5) is 0 Å². The Morgan fingerprint density at radius 2 is 1.62 bits per heavy atom. The van der Waals surface area contributed by atoms with E-state index in [-0.39, 0.29) is 11.0 Å². The molecule has 2 aromatic rings. The van der Waals surface area contributed by atoms with E-state index >= 15 is 0 Å². The molecule has 0 aliphatic heterocycles. The number of carbonyl (C=O) groups is 1. The number of carbonyl (C=O) groups excluding carboxylic acids is 1. The van der Waals surface area contributed by atoms with Crippen molar-refractivity contribution < 1.29 is 19.0 Å². The van der Waals surface area contributed by atoms with E-state index in [2.05, 4.69) is 40.4 Å². The van der Waals surface area contributed by atoms with E-state index in [9.17, 15) is 4.79 Å². The molecule has 1 amide bonds. The predicted octanol–water partition coefficient (Wildman–Crippen LogP) is 5.62. The van der Waals surface area contributed by atoms with Crippen LogP contribution in [0.1, 0.15) is 55.5 Å². The minimum absolute atomic E-state index is 0.247. The third-order valence-corrected chi connectivity index (χ3v) is 5.48. The molecule has 0 radical (unpaired) electrons. The molecule has 2 N–H and O–H groups in total. The first-order valence-electron chi connectivity index (χ1n) is 10.8. The van der Waals surface area contributed by atoms with Crippen molar-refractivity contribution in [2.45, 2.75) is 46.1 Å². The summed E-state index contributed by atoms with van der Waals surface area (Å²) < 4.78 is 17.6. The van der Waals surface area contributed by atoms with E-state index in [0.29, 0.717) is 42.6 Å². The largest absolute Gasteiger partial charge is 0.493 e. The monoisotopic (exact) mass is 522 g/mol. The van der Waals surface area contributed by atoms with Gasteiger partial charge in [0.15, 0.2) is 16.6 Å². The highest BCUT2D eigenvalue weighted by atomic mass is 79.9. The SMILES string of the molecule is CCCCOc1ccc(C(=O)NC(=S)NCc2ccc(OCCCC)c(OC)c2)cc1Br. The molecule has 0 unspecified atom stereocenters. The van der Waals surface area contributed by atoms with Gasteiger partial charge < -0.3 is 19.5 Å². The summed E-state index contributed by atoms with van der Waals surface area (Å²) in [6.45, 7) is 5.97. The van der Waals surface area contributed by atoms with E-state index in [4.69, 9.17) is 26.4 Å². The van der Waals surface area contributed by atoms with Gasteiger partial charge in [-0.05, 0) is 76.9 Å². The lowest BCUT2D eigenvalue weighted by molar-refractivity contribution is 0.0976. The van der Waals surface area contributed by atoms with Crippen molar-refractivity contribution >= 4 is 39.2 Å². The molecular weight excluding hydrogens is 492 g/mol. The van der Waals surface area contributed by atoms with Crippen LogP contribution in [0.3, 0.4) is 0 Å². The number of amides is 1. The van der Waals surface area contributed by atoms with Crippen molar-refractivity contribution in [3.05, 3.63) is 52.0 Å². The first kappa shape index (κ1) is 25.9. The summed E-state index contributed by atoms with van der Waals surface area (Å²) in [5, 5.41) is 6.00.